The van der Waals surface area contributed by atoms with Gasteiger partial charge in [-0.2, -0.15) is 0 Å². The average molecular weight is 454 g/mol. The van der Waals surface area contributed by atoms with Gasteiger partial charge in [0.2, 0.25) is 0 Å². The highest BCUT2D eigenvalue weighted by Crippen LogP contribution is 2.31. The van der Waals surface area contributed by atoms with Crippen LogP contribution in [-0.4, -0.2) is 29.8 Å². The van der Waals surface area contributed by atoms with Gasteiger partial charge < -0.3 is 14.8 Å². The summed E-state index contributed by atoms with van der Waals surface area (Å²) in [6.45, 7) is 14.1. The van der Waals surface area contributed by atoms with E-state index in [1.165, 1.54) is 12.1 Å². The Hall–Kier alpha value is -2.99. The first-order valence-corrected chi connectivity index (χ1v) is 11.2. The summed E-state index contributed by atoms with van der Waals surface area (Å²) in [5, 5.41) is 3.15. The van der Waals surface area contributed by atoms with Gasteiger partial charge in [0.15, 0.2) is 17.3 Å². The van der Waals surface area contributed by atoms with Crippen LogP contribution in [0.4, 0.5) is 0 Å². The molecule has 0 saturated heterocycles. The maximum absolute atomic E-state index is 12.7. The molecule has 0 atom stereocenters. The molecular weight excluding hydrogens is 418 g/mol. The summed E-state index contributed by atoms with van der Waals surface area (Å²) in [5.74, 6) is -1.04. The van der Waals surface area contributed by atoms with Gasteiger partial charge in [-0.05, 0) is 69.9 Å². The van der Waals surface area contributed by atoms with Gasteiger partial charge in [0.05, 0.1) is 12.1 Å². The zero-order valence-electron chi connectivity index (χ0n) is 20.7. The molecule has 2 rings (SSSR count). The molecule has 0 saturated carbocycles. The Labute approximate surface area is 196 Å². The molecule has 2 aromatic rings. The number of rotatable bonds is 8. The molecule has 6 nitrogen and oxygen atoms in total. The summed E-state index contributed by atoms with van der Waals surface area (Å²) in [6.07, 6.45) is 0.844. The van der Waals surface area contributed by atoms with Crippen molar-refractivity contribution in [3.63, 3.8) is 0 Å². The van der Waals surface area contributed by atoms with Crippen molar-refractivity contribution in [2.45, 2.75) is 66.8 Å². The number of Topliss-reactive ketones (excluding diaryl/α,β-unsaturated/α-hetero) is 1. The molecule has 6 heteroatoms. The minimum absolute atomic E-state index is 0.0316. The van der Waals surface area contributed by atoms with Crippen LogP contribution in [0.2, 0.25) is 0 Å². The summed E-state index contributed by atoms with van der Waals surface area (Å²) >= 11 is 0. The van der Waals surface area contributed by atoms with Crippen LogP contribution in [0.1, 0.15) is 80.7 Å². The molecule has 2 aromatic carbocycles. The number of benzene rings is 2. The number of nitrogens with one attached hydrogen (secondary N) is 1. The normalized spacial score (nSPS) is 11.7. The van der Waals surface area contributed by atoms with Gasteiger partial charge in [0.25, 0.3) is 0 Å². The van der Waals surface area contributed by atoms with Crippen LogP contribution < -0.4 is 14.8 Å². The first kappa shape index (κ1) is 26.3. The highest BCUT2D eigenvalue weighted by Gasteiger charge is 2.20. The van der Waals surface area contributed by atoms with E-state index in [2.05, 4.69) is 5.32 Å². The van der Waals surface area contributed by atoms with E-state index in [0.717, 1.165) is 5.56 Å². The highest BCUT2D eigenvalue weighted by molar-refractivity contribution is 5.98. The van der Waals surface area contributed by atoms with Gasteiger partial charge in [0, 0.05) is 17.5 Å². The molecule has 0 aliphatic rings. The standard InChI is InChI=1S/C27H35NO5/c1-18-8-10-19(11-9-18)25(31)33-22-13-12-20(21(29)17-28-27(5,6)7)16-23(22)32-24(30)14-15-26(2,3)4/h8-13,16,28H,14-15,17H2,1-7H3. The Morgan fingerprint density at radius 1 is 0.818 bits per heavy atom. The lowest BCUT2D eigenvalue weighted by Crippen LogP contribution is -2.39. The van der Waals surface area contributed by atoms with Crippen LogP contribution in [-0.2, 0) is 4.79 Å². The predicted octanol–water partition coefficient (Wildman–Crippen LogP) is 5.52. The molecule has 0 amide bonds. The lowest BCUT2D eigenvalue weighted by atomic mass is 9.91. The van der Waals surface area contributed by atoms with Crippen molar-refractivity contribution in [2.24, 2.45) is 5.41 Å². The van der Waals surface area contributed by atoms with E-state index in [1.54, 1.807) is 18.2 Å². The Morgan fingerprint density at radius 3 is 2.00 bits per heavy atom. The Bertz CT molecular complexity index is 995. The third kappa shape index (κ3) is 9.18. The van der Waals surface area contributed by atoms with Gasteiger partial charge in [-0.3, -0.25) is 9.59 Å². The summed E-state index contributed by atoms with van der Waals surface area (Å²) in [5.41, 5.74) is 1.50. The number of carbonyl (C=O) groups is 3. The van der Waals surface area contributed by atoms with Crippen molar-refractivity contribution >= 4 is 17.7 Å². The third-order valence-corrected chi connectivity index (χ3v) is 4.84. The summed E-state index contributed by atoms with van der Waals surface area (Å²) in [7, 11) is 0. The molecule has 0 unspecified atom stereocenters. The number of esters is 2. The first-order valence-electron chi connectivity index (χ1n) is 11.2. The van der Waals surface area contributed by atoms with E-state index in [1.807, 2.05) is 60.6 Å². The zero-order valence-corrected chi connectivity index (χ0v) is 20.7. The van der Waals surface area contributed by atoms with Crippen LogP contribution in [0.3, 0.4) is 0 Å². The van der Waals surface area contributed by atoms with Gasteiger partial charge in [-0.25, -0.2) is 4.79 Å². The Balaban J connectivity index is 2.27. The minimum atomic E-state index is -0.574. The van der Waals surface area contributed by atoms with Gasteiger partial charge in [0.1, 0.15) is 0 Å². The summed E-state index contributed by atoms with van der Waals surface area (Å²) < 4.78 is 11.1. The number of hydrogen-bond donors (Lipinski definition) is 1. The van der Waals surface area contributed by atoms with Crippen molar-refractivity contribution < 1.29 is 23.9 Å². The van der Waals surface area contributed by atoms with Crippen molar-refractivity contribution in [3.8, 4) is 11.5 Å². The van der Waals surface area contributed by atoms with Crippen LogP contribution in [0, 0.1) is 12.3 Å². The molecule has 1 N–H and O–H groups in total. The maximum atomic E-state index is 12.7. The van der Waals surface area contributed by atoms with Crippen molar-refractivity contribution in [2.75, 3.05) is 6.54 Å². The molecule has 0 aromatic heterocycles. The number of aryl methyl sites for hydroxylation is 1. The lowest BCUT2D eigenvalue weighted by molar-refractivity contribution is -0.135. The molecule has 0 bridgehead atoms. The monoisotopic (exact) mass is 453 g/mol. The SMILES string of the molecule is Cc1ccc(C(=O)Oc2ccc(C(=O)CNC(C)(C)C)cc2OC(=O)CCC(C)(C)C)cc1. The quantitative estimate of drug-likeness (QED) is 0.322. The highest BCUT2D eigenvalue weighted by atomic mass is 16.6. The number of carbonyl (C=O) groups excluding carboxylic acids is 3. The van der Waals surface area contributed by atoms with E-state index < -0.39 is 11.9 Å². The van der Waals surface area contributed by atoms with Crippen molar-refractivity contribution in [1.29, 1.82) is 0 Å². The van der Waals surface area contributed by atoms with Crippen LogP contribution in [0.25, 0.3) is 0 Å². The summed E-state index contributed by atoms with van der Waals surface area (Å²) in [4.78, 5) is 37.8. The van der Waals surface area contributed by atoms with Crippen LogP contribution >= 0.6 is 0 Å². The summed E-state index contributed by atoms with van der Waals surface area (Å²) in [6, 6.07) is 11.5. The predicted molar refractivity (Wildman–Crippen MR) is 129 cm³/mol. The van der Waals surface area contributed by atoms with E-state index in [4.69, 9.17) is 9.47 Å². The molecular formula is C27H35NO5. The molecule has 0 spiro atoms. The Morgan fingerprint density at radius 2 is 1.42 bits per heavy atom. The van der Waals surface area contributed by atoms with E-state index in [-0.39, 0.29) is 41.2 Å². The fourth-order valence-corrected chi connectivity index (χ4v) is 2.79. The second kappa shape index (κ2) is 10.8. The fraction of sp³-hybridized carbons (Fsp3) is 0.444. The molecule has 0 heterocycles. The maximum Gasteiger partial charge on any atom is 0.343 e. The molecule has 33 heavy (non-hydrogen) atoms. The number of ketones is 1. The first-order chi connectivity index (χ1) is 15.2. The van der Waals surface area contributed by atoms with E-state index in [0.29, 0.717) is 17.5 Å². The van der Waals surface area contributed by atoms with Crippen LogP contribution in [0.15, 0.2) is 42.5 Å². The second-order valence-corrected chi connectivity index (χ2v) is 10.5. The smallest absolute Gasteiger partial charge is 0.343 e. The van der Waals surface area contributed by atoms with Crippen LogP contribution in [0.5, 0.6) is 11.5 Å². The Kier molecular flexibility index (Phi) is 8.56. The molecule has 178 valence electrons. The fourth-order valence-electron chi connectivity index (χ4n) is 2.79. The van der Waals surface area contributed by atoms with Crippen molar-refractivity contribution in [1.82, 2.24) is 5.32 Å². The van der Waals surface area contributed by atoms with Gasteiger partial charge in [-0.1, -0.05) is 38.5 Å². The van der Waals surface area contributed by atoms with Crippen molar-refractivity contribution in [3.05, 3.63) is 59.2 Å². The third-order valence-electron chi connectivity index (χ3n) is 4.84. The zero-order chi connectivity index (χ0) is 24.8. The number of ether oxygens (including phenoxy) is 2. The van der Waals surface area contributed by atoms with Gasteiger partial charge >= 0.3 is 11.9 Å². The largest absolute Gasteiger partial charge is 0.422 e. The molecule has 0 radical (unpaired) electrons. The number of hydrogen-bond acceptors (Lipinski definition) is 6. The lowest BCUT2D eigenvalue weighted by Gasteiger charge is -2.20. The molecule has 0 fully saturated rings. The van der Waals surface area contributed by atoms with E-state index in [9.17, 15) is 14.4 Å². The van der Waals surface area contributed by atoms with E-state index >= 15 is 0 Å². The second-order valence-electron chi connectivity index (χ2n) is 10.5. The average Bonchev–Trinajstić information content (AvgIpc) is 2.71. The topological polar surface area (TPSA) is 81.7 Å². The molecule has 0 aliphatic heterocycles. The minimum Gasteiger partial charge on any atom is -0.422 e. The van der Waals surface area contributed by atoms with Gasteiger partial charge in [-0.15, -0.1) is 0 Å². The molecule has 0 aliphatic carbocycles.